The lowest BCUT2D eigenvalue weighted by molar-refractivity contribution is 0.199. The zero-order valence-corrected chi connectivity index (χ0v) is 9.74. The Morgan fingerprint density at radius 3 is 3.25 bits per heavy atom. The monoisotopic (exact) mass is 225 g/mol. The molecular weight excluding hydrogens is 206 g/mol. The highest BCUT2D eigenvalue weighted by molar-refractivity contribution is 4.89. The van der Waals surface area contributed by atoms with Gasteiger partial charge in [-0.3, -0.25) is 0 Å². The molecule has 1 aromatic heterocycles. The quantitative estimate of drug-likeness (QED) is 0.803. The van der Waals surface area contributed by atoms with Crippen LogP contribution in [0.1, 0.15) is 24.6 Å². The van der Waals surface area contributed by atoms with Crippen LogP contribution in [0.4, 0.5) is 0 Å². The van der Waals surface area contributed by atoms with Crippen molar-refractivity contribution in [2.24, 2.45) is 5.92 Å². The largest absolute Gasteiger partial charge is 0.384 e. The van der Waals surface area contributed by atoms with Crippen LogP contribution in [0.3, 0.4) is 0 Å². The van der Waals surface area contributed by atoms with Gasteiger partial charge in [0.25, 0.3) is 0 Å². The van der Waals surface area contributed by atoms with Crippen molar-refractivity contribution >= 4 is 0 Å². The summed E-state index contributed by atoms with van der Waals surface area (Å²) in [6, 6.07) is 0. The molecule has 1 aliphatic heterocycles. The second-order valence-electron chi connectivity index (χ2n) is 4.26. The average Bonchev–Trinajstić information content (AvgIpc) is 2.75. The van der Waals surface area contributed by atoms with Crippen LogP contribution >= 0.6 is 0 Å². The van der Waals surface area contributed by atoms with Crippen molar-refractivity contribution in [2.75, 3.05) is 26.8 Å². The Kier molecular flexibility index (Phi) is 4.30. The van der Waals surface area contributed by atoms with Crippen molar-refractivity contribution in [3.8, 4) is 0 Å². The van der Waals surface area contributed by atoms with Gasteiger partial charge in [0.2, 0.25) is 5.89 Å². The first-order chi connectivity index (χ1) is 7.88. The summed E-state index contributed by atoms with van der Waals surface area (Å²) in [5.41, 5.74) is 0. The Bertz CT molecular complexity index is 308. The van der Waals surface area contributed by atoms with Crippen molar-refractivity contribution in [3.05, 3.63) is 11.7 Å². The van der Waals surface area contributed by atoms with Gasteiger partial charge in [0.05, 0.1) is 6.61 Å². The third-order valence-corrected chi connectivity index (χ3v) is 2.90. The van der Waals surface area contributed by atoms with Gasteiger partial charge in [-0.05, 0) is 31.8 Å². The third-order valence-electron chi connectivity index (χ3n) is 2.90. The normalized spacial score (nSPS) is 21.2. The Labute approximate surface area is 95.6 Å². The maximum Gasteiger partial charge on any atom is 0.226 e. The molecule has 5 nitrogen and oxygen atoms in total. The molecule has 2 rings (SSSR count). The van der Waals surface area contributed by atoms with E-state index >= 15 is 0 Å². The SMILES string of the molecule is COCCc1noc(CC2CCCNC2)n1. The molecule has 0 aliphatic carbocycles. The number of hydrogen-bond donors (Lipinski definition) is 1. The lowest BCUT2D eigenvalue weighted by Gasteiger charge is -2.20. The summed E-state index contributed by atoms with van der Waals surface area (Å²) < 4.78 is 10.2. The topological polar surface area (TPSA) is 60.2 Å². The number of rotatable bonds is 5. The number of hydrogen-bond acceptors (Lipinski definition) is 5. The van der Waals surface area contributed by atoms with Gasteiger partial charge in [-0.25, -0.2) is 0 Å². The fourth-order valence-electron chi connectivity index (χ4n) is 2.01. The molecule has 0 spiro atoms. The zero-order valence-electron chi connectivity index (χ0n) is 9.74. The predicted molar refractivity (Wildman–Crippen MR) is 59.2 cm³/mol. The molecule has 1 unspecified atom stereocenters. The van der Waals surface area contributed by atoms with Crippen LogP contribution in [-0.4, -0.2) is 36.9 Å². The van der Waals surface area contributed by atoms with Gasteiger partial charge in [-0.15, -0.1) is 0 Å². The van der Waals surface area contributed by atoms with E-state index in [0.717, 1.165) is 37.6 Å². The van der Waals surface area contributed by atoms with Crippen LogP contribution in [0.5, 0.6) is 0 Å². The van der Waals surface area contributed by atoms with Gasteiger partial charge in [0.1, 0.15) is 0 Å². The fourth-order valence-corrected chi connectivity index (χ4v) is 2.01. The van der Waals surface area contributed by atoms with Crippen LogP contribution in [0, 0.1) is 5.92 Å². The predicted octanol–water partition coefficient (Wildman–Crippen LogP) is 0.801. The average molecular weight is 225 g/mol. The van der Waals surface area contributed by atoms with Gasteiger partial charge in [0.15, 0.2) is 5.82 Å². The molecule has 90 valence electrons. The molecule has 1 fully saturated rings. The summed E-state index contributed by atoms with van der Waals surface area (Å²) in [5, 5.41) is 7.32. The van der Waals surface area contributed by atoms with E-state index in [1.807, 2.05) is 0 Å². The molecule has 1 N–H and O–H groups in total. The molecule has 2 heterocycles. The van der Waals surface area contributed by atoms with E-state index in [4.69, 9.17) is 9.26 Å². The number of piperidine rings is 1. The maximum atomic E-state index is 5.22. The lowest BCUT2D eigenvalue weighted by atomic mass is 9.96. The molecule has 16 heavy (non-hydrogen) atoms. The Morgan fingerprint density at radius 2 is 2.50 bits per heavy atom. The Balaban J connectivity index is 1.81. The van der Waals surface area contributed by atoms with Gasteiger partial charge in [0, 0.05) is 20.0 Å². The standard InChI is InChI=1S/C11H19N3O2/c1-15-6-4-10-13-11(16-14-10)7-9-3-2-5-12-8-9/h9,12H,2-8H2,1H3. The molecule has 1 aliphatic rings. The van der Waals surface area contributed by atoms with Crippen molar-refractivity contribution < 1.29 is 9.26 Å². The Hall–Kier alpha value is -0.940. The summed E-state index contributed by atoms with van der Waals surface area (Å²) in [7, 11) is 1.68. The minimum absolute atomic E-state index is 0.643. The van der Waals surface area contributed by atoms with Gasteiger partial charge in [-0.1, -0.05) is 5.16 Å². The molecule has 1 atom stereocenters. The van der Waals surface area contributed by atoms with Gasteiger partial charge < -0.3 is 14.6 Å². The summed E-state index contributed by atoms with van der Waals surface area (Å²) in [5.74, 6) is 2.16. The smallest absolute Gasteiger partial charge is 0.226 e. The summed E-state index contributed by atoms with van der Waals surface area (Å²) >= 11 is 0. The minimum Gasteiger partial charge on any atom is -0.384 e. The highest BCUT2D eigenvalue weighted by Crippen LogP contribution is 2.15. The van der Waals surface area contributed by atoms with E-state index in [0.29, 0.717) is 12.5 Å². The molecule has 0 amide bonds. The van der Waals surface area contributed by atoms with E-state index in [-0.39, 0.29) is 0 Å². The molecular formula is C11H19N3O2. The molecule has 5 heteroatoms. The van der Waals surface area contributed by atoms with Crippen LogP contribution < -0.4 is 5.32 Å². The van der Waals surface area contributed by atoms with Crippen molar-refractivity contribution in [1.29, 1.82) is 0 Å². The number of ether oxygens (including phenoxy) is 1. The fraction of sp³-hybridized carbons (Fsp3) is 0.818. The van der Waals surface area contributed by atoms with Gasteiger partial charge in [-0.2, -0.15) is 4.98 Å². The minimum atomic E-state index is 0.643. The first-order valence-electron chi connectivity index (χ1n) is 5.89. The molecule has 1 aromatic rings. The number of methoxy groups -OCH3 is 1. The second kappa shape index (κ2) is 5.96. The van der Waals surface area contributed by atoms with Crippen LogP contribution in [0.2, 0.25) is 0 Å². The molecule has 0 saturated carbocycles. The maximum absolute atomic E-state index is 5.22. The zero-order chi connectivity index (χ0) is 11.2. The lowest BCUT2D eigenvalue weighted by Crippen LogP contribution is -2.30. The van der Waals surface area contributed by atoms with Crippen molar-refractivity contribution in [1.82, 2.24) is 15.5 Å². The number of nitrogens with zero attached hydrogens (tertiary/aromatic N) is 2. The molecule has 0 bridgehead atoms. The first kappa shape index (κ1) is 11.5. The van der Waals surface area contributed by atoms with E-state index in [2.05, 4.69) is 15.5 Å². The van der Waals surface area contributed by atoms with E-state index < -0.39 is 0 Å². The molecule has 0 radical (unpaired) electrons. The number of aromatic nitrogens is 2. The van der Waals surface area contributed by atoms with Crippen LogP contribution in [-0.2, 0) is 17.6 Å². The van der Waals surface area contributed by atoms with E-state index in [9.17, 15) is 0 Å². The first-order valence-corrected chi connectivity index (χ1v) is 5.89. The highest BCUT2D eigenvalue weighted by atomic mass is 16.5. The van der Waals surface area contributed by atoms with E-state index in [1.54, 1.807) is 7.11 Å². The van der Waals surface area contributed by atoms with Crippen molar-refractivity contribution in [3.63, 3.8) is 0 Å². The third kappa shape index (κ3) is 3.28. The van der Waals surface area contributed by atoms with Crippen LogP contribution in [0.25, 0.3) is 0 Å². The van der Waals surface area contributed by atoms with Crippen molar-refractivity contribution in [2.45, 2.75) is 25.7 Å². The highest BCUT2D eigenvalue weighted by Gasteiger charge is 2.17. The van der Waals surface area contributed by atoms with Crippen LogP contribution in [0.15, 0.2) is 4.52 Å². The molecule has 0 aromatic carbocycles. The molecule has 1 saturated heterocycles. The van der Waals surface area contributed by atoms with E-state index in [1.165, 1.54) is 12.8 Å². The summed E-state index contributed by atoms with van der Waals surface area (Å²) in [6.45, 7) is 2.85. The number of nitrogens with one attached hydrogen (secondary N) is 1. The summed E-state index contributed by atoms with van der Waals surface area (Å²) in [4.78, 5) is 4.36. The van der Waals surface area contributed by atoms with Gasteiger partial charge >= 0.3 is 0 Å². The Morgan fingerprint density at radius 1 is 1.56 bits per heavy atom. The summed E-state index contributed by atoms with van der Waals surface area (Å²) in [6.07, 6.45) is 4.12. The second-order valence-corrected chi connectivity index (χ2v) is 4.26.